The summed E-state index contributed by atoms with van der Waals surface area (Å²) in [7, 11) is 2.14. The third kappa shape index (κ3) is 5.44. The van der Waals surface area contributed by atoms with E-state index in [1.54, 1.807) is 24.3 Å². The number of furan rings is 1. The average molecular weight is 455 g/mol. The van der Waals surface area contributed by atoms with E-state index in [2.05, 4.69) is 39.6 Å². The summed E-state index contributed by atoms with van der Waals surface area (Å²) in [5.74, 6) is 0.353. The fraction of sp³-hybridized carbons (Fsp3) is 0.217. The molecular formula is C23H23ClN4O2S. The normalized spacial score (nSPS) is 14.3. The minimum absolute atomic E-state index is 0.180. The minimum Gasteiger partial charge on any atom is -0.451 e. The van der Waals surface area contributed by atoms with E-state index in [0.29, 0.717) is 10.8 Å². The van der Waals surface area contributed by atoms with Crippen molar-refractivity contribution in [3.63, 3.8) is 0 Å². The van der Waals surface area contributed by atoms with Crippen LogP contribution < -0.4 is 15.5 Å². The Labute approximate surface area is 191 Å². The highest BCUT2D eigenvalue weighted by atomic mass is 35.5. The van der Waals surface area contributed by atoms with Gasteiger partial charge in [0.15, 0.2) is 10.9 Å². The Kier molecular flexibility index (Phi) is 6.56. The van der Waals surface area contributed by atoms with Gasteiger partial charge in [0.25, 0.3) is 5.91 Å². The van der Waals surface area contributed by atoms with Gasteiger partial charge in [-0.3, -0.25) is 10.1 Å². The number of nitrogens with zero attached hydrogens (tertiary/aromatic N) is 2. The number of rotatable bonds is 4. The molecule has 0 radical (unpaired) electrons. The number of nitrogens with one attached hydrogen (secondary N) is 2. The maximum Gasteiger partial charge on any atom is 0.293 e. The number of piperazine rings is 1. The number of carbonyl (C=O) groups excluding carboxylic acids is 1. The van der Waals surface area contributed by atoms with Crippen molar-refractivity contribution in [3.8, 4) is 11.3 Å². The summed E-state index contributed by atoms with van der Waals surface area (Å²) >= 11 is 11.2. The van der Waals surface area contributed by atoms with Gasteiger partial charge in [-0.25, -0.2) is 0 Å². The number of carbonyl (C=O) groups is 1. The van der Waals surface area contributed by atoms with E-state index >= 15 is 0 Å². The summed E-state index contributed by atoms with van der Waals surface area (Å²) in [6.45, 7) is 4.14. The molecule has 8 heteroatoms. The number of benzene rings is 2. The zero-order valence-electron chi connectivity index (χ0n) is 17.1. The smallest absolute Gasteiger partial charge is 0.293 e. The lowest BCUT2D eigenvalue weighted by atomic mass is 10.2. The zero-order valence-corrected chi connectivity index (χ0v) is 18.7. The molecule has 1 amide bonds. The van der Waals surface area contributed by atoms with E-state index in [1.165, 1.54) is 5.69 Å². The van der Waals surface area contributed by atoms with Crippen molar-refractivity contribution >= 4 is 46.2 Å². The predicted octanol–water partition coefficient (Wildman–Crippen LogP) is 4.48. The highest BCUT2D eigenvalue weighted by Gasteiger charge is 2.15. The molecule has 0 atom stereocenters. The summed E-state index contributed by atoms with van der Waals surface area (Å²) in [5, 5.41) is 6.54. The van der Waals surface area contributed by atoms with Crippen LogP contribution in [0.15, 0.2) is 65.1 Å². The van der Waals surface area contributed by atoms with Crippen molar-refractivity contribution in [3.05, 3.63) is 71.4 Å². The molecule has 4 rings (SSSR count). The first kappa shape index (κ1) is 21.4. The van der Waals surface area contributed by atoms with E-state index < -0.39 is 5.91 Å². The molecule has 1 aromatic heterocycles. The van der Waals surface area contributed by atoms with Gasteiger partial charge in [0, 0.05) is 48.1 Å². The molecule has 3 aromatic rings. The number of halogens is 1. The Morgan fingerprint density at radius 1 is 0.968 bits per heavy atom. The van der Waals surface area contributed by atoms with Crippen LogP contribution in [0, 0.1) is 0 Å². The average Bonchev–Trinajstić information content (AvgIpc) is 3.26. The van der Waals surface area contributed by atoms with Crippen LogP contribution in [0.3, 0.4) is 0 Å². The van der Waals surface area contributed by atoms with Gasteiger partial charge in [-0.05, 0) is 79.9 Å². The number of likely N-dealkylation sites (N-methyl/N-ethyl adjacent to an activating group) is 1. The van der Waals surface area contributed by atoms with Gasteiger partial charge in [0.1, 0.15) is 5.76 Å². The fourth-order valence-corrected chi connectivity index (χ4v) is 3.71. The Hall–Kier alpha value is -2.87. The van der Waals surface area contributed by atoms with Gasteiger partial charge in [0.05, 0.1) is 0 Å². The largest absolute Gasteiger partial charge is 0.451 e. The molecule has 0 unspecified atom stereocenters. The second-order valence-electron chi connectivity index (χ2n) is 7.42. The standard InChI is InChI=1S/C23H23ClN4O2S/c1-27-12-14-28(15-13-27)19-8-6-18(7-9-19)25-23(31)26-22(29)21-11-10-20(30-21)16-2-4-17(24)5-3-16/h2-11H,12-15H2,1H3,(H2,25,26,29,31). The van der Waals surface area contributed by atoms with Crippen molar-refractivity contribution in [1.29, 1.82) is 0 Å². The second-order valence-corrected chi connectivity index (χ2v) is 8.26. The lowest BCUT2D eigenvalue weighted by Crippen LogP contribution is -2.44. The summed E-state index contributed by atoms with van der Waals surface area (Å²) in [5.41, 5.74) is 2.83. The van der Waals surface area contributed by atoms with Crippen LogP contribution in [-0.2, 0) is 0 Å². The van der Waals surface area contributed by atoms with Crippen molar-refractivity contribution in [2.24, 2.45) is 0 Å². The van der Waals surface area contributed by atoms with Gasteiger partial charge < -0.3 is 19.5 Å². The van der Waals surface area contributed by atoms with E-state index in [9.17, 15) is 4.79 Å². The summed E-state index contributed by atoms with van der Waals surface area (Å²) < 4.78 is 5.66. The molecule has 1 fully saturated rings. The van der Waals surface area contributed by atoms with Gasteiger partial charge in [-0.1, -0.05) is 11.6 Å². The maximum absolute atomic E-state index is 12.5. The van der Waals surface area contributed by atoms with E-state index in [1.807, 2.05) is 24.3 Å². The van der Waals surface area contributed by atoms with Crippen LogP contribution in [0.5, 0.6) is 0 Å². The first-order chi connectivity index (χ1) is 15.0. The van der Waals surface area contributed by atoms with Crippen LogP contribution in [0.4, 0.5) is 11.4 Å². The van der Waals surface area contributed by atoms with Crippen molar-refractivity contribution in [1.82, 2.24) is 10.2 Å². The van der Waals surface area contributed by atoms with Crippen LogP contribution >= 0.6 is 23.8 Å². The molecule has 160 valence electrons. The highest BCUT2D eigenvalue weighted by Crippen LogP contribution is 2.24. The maximum atomic E-state index is 12.5. The van der Waals surface area contributed by atoms with Crippen LogP contribution in [0.2, 0.25) is 5.02 Å². The van der Waals surface area contributed by atoms with E-state index in [-0.39, 0.29) is 10.9 Å². The Morgan fingerprint density at radius 3 is 2.32 bits per heavy atom. The van der Waals surface area contributed by atoms with Gasteiger partial charge in [-0.15, -0.1) is 0 Å². The molecule has 31 heavy (non-hydrogen) atoms. The summed E-state index contributed by atoms with van der Waals surface area (Å²) in [6, 6.07) is 18.6. The van der Waals surface area contributed by atoms with Crippen molar-refractivity contribution in [2.75, 3.05) is 43.4 Å². The lowest BCUT2D eigenvalue weighted by molar-refractivity contribution is 0.0951. The van der Waals surface area contributed by atoms with Gasteiger partial charge in [-0.2, -0.15) is 0 Å². The first-order valence-electron chi connectivity index (χ1n) is 9.99. The van der Waals surface area contributed by atoms with Crippen LogP contribution in [-0.4, -0.2) is 49.1 Å². The molecule has 2 heterocycles. The van der Waals surface area contributed by atoms with Crippen molar-refractivity contribution < 1.29 is 9.21 Å². The summed E-state index contributed by atoms with van der Waals surface area (Å²) in [6.07, 6.45) is 0. The molecule has 0 saturated carbocycles. The van der Waals surface area contributed by atoms with Gasteiger partial charge >= 0.3 is 0 Å². The molecule has 1 saturated heterocycles. The van der Waals surface area contributed by atoms with Crippen molar-refractivity contribution in [2.45, 2.75) is 0 Å². The molecular weight excluding hydrogens is 432 g/mol. The second kappa shape index (κ2) is 9.51. The number of hydrogen-bond acceptors (Lipinski definition) is 5. The molecule has 1 aliphatic rings. The minimum atomic E-state index is -0.410. The first-order valence-corrected chi connectivity index (χ1v) is 10.8. The van der Waals surface area contributed by atoms with Crippen LogP contribution in [0.1, 0.15) is 10.6 Å². The topological polar surface area (TPSA) is 60.8 Å². The number of thiocarbonyl (C=S) groups is 1. The third-order valence-electron chi connectivity index (χ3n) is 5.18. The predicted molar refractivity (Wildman–Crippen MR) is 129 cm³/mol. The van der Waals surface area contributed by atoms with E-state index in [4.69, 9.17) is 28.2 Å². The Balaban J connectivity index is 1.32. The Morgan fingerprint density at radius 2 is 1.65 bits per heavy atom. The van der Waals surface area contributed by atoms with Crippen LogP contribution in [0.25, 0.3) is 11.3 Å². The molecule has 2 aromatic carbocycles. The highest BCUT2D eigenvalue weighted by molar-refractivity contribution is 7.80. The molecule has 0 aliphatic carbocycles. The SMILES string of the molecule is CN1CCN(c2ccc(NC(=S)NC(=O)c3ccc(-c4ccc(Cl)cc4)o3)cc2)CC1. The third-order valence-corrected chi connectivity index (χ3v) is 5.64. The molecule has 0 bridgehead atoms. The fourth-order valence-electron chi connectivity index (χ4n) is 3.38. The molecule has 2 N–H and O–H groups in total. The zero-order chi connectivity index (χ0) is 21.8. The number of amides is 1. The summed E-state index contributed by atoms with van der Waals surface area (Å²) in [4.78, 5) is 17.2. The van der Waals surface area contributed by atoms with Gasteiger partial charge in [0.2, 0.25) is 0 Å². The quantitative estimate of drug-likeness (QED) is 0.567. The Bertz CT molecular complexity index is 1060. The number of anilines is 2. The monoisotopic (exact) mass is 454 g/mol. The molecule has 0 spiro atoms. The lowest BCUT2D eigenvalue weighted by Gasteiger charge is -2.34. The molecule has 6 nitrogen and oxygen atoms in total. The molecule has 1 aliphatic heterocycles. The number of hydrogen-bond donors (Lipinski definition) is 2. The van der Waals surface area contributed by atoms with E-state index in [0.717, 1.165) is 37.4 Å².